The first kappa shape index (κ1) is 19.3. The molecule has 2 heterocycles. The maximum Gasteiger partial charge on any atom is 0.416 e. The first-order chi connectivity index (χ1) is 12.7. The van der Waals surface area contributed by atoms with E-state index in [1.807, 2.05) is 0 Å². The van der Waals surface area contributed by atoms with Gasteiger partial charge in [0.05, 0.1) is 16.6 Å². The number of nitrogens with one attached hydrogen (secondary N) is 2. The predicted molar refractivity (Wildman–Crippen MR) is 93.3 cm³/mol. The summed E-state index contributed by atoms with van der Waals surface area (Å²) in [5.41, 5.74) is -0.352. The zero-order chi connectivity index (χ0) is 19.6. The smallest absolute Gasteiger partial charge is 0.356 e. The molecule has 0 bridgehead atoms. The number of aromatic amines is 1. The number of carbonyl (C=O) groups is 2. The van der Waals surface area contributed by atoms with E-state index in [9.17, 15) is 22.8 Å². The molecule has 1 aromatic heterocycles. The van der Waals surface area contributed by atoms with Crippen molar-refractivity contribution in [1.82, 2.24) is 15.2 Å². The van der Waals surface area contributed by atoms with Gasteiger partial charge in [0, 0.05) is 25.7 Å². The molecule has 0 saturated carbocycles. The Morgan fingerprint density at radius 2 is 2.11 bits per heavy atom. The van der Waals surface area contributed by atoms with Crippen molar-refractivity contribution < 1.29 is 22.8 Å². The predicted octanol–water partition coefficient (Wildman–Crippen LogP) is 3.78. The van der Waals surface area contributed by atoms with Crippen molar-refractivity contribution in [2.45, 2.75) is 25.1 Å². The number of carbonyl (C=O) groups excluding carboxylic acids is 2. The van der Waals surface area contributed by atoms with Crippen molar-refractivity contribution in [3.63, 3.8) is 0 Å². The highest BCUT2D eigenvalue weighted by Crippen LogP contribution is 2.31. The Labute approximate surface area is 158 Å². The largest absolute Gasteiger partial charge is 0.416 e. The number of halogens is 4. The lowest BCUT2D eigenvalue weighted by atomic mass is 10.0. The monoisotopic (exact) mass is 399 g/mol. The summed E-state index contributed by atoms with van der Waals surface area (Å²) in [6.45, 7) is 0.610. The molecule has 0 spiro atoms. The van der Waals surface area contributed by atoms with Gasteiger partial charge < -0.3 is 15.2 Å². The van der Waals surface area contributed by atoms with Crippen LogP contribution in [0.25, 0.3) is 0 Å². The molecule has 1 aromatic carbocycles. The molecule has 0 aliphatic carbocycles. The number of alkyl halides is 3. The van der Waals surface area contributed by atoms with Crippen LogP contribution < -0.4 is 5.32 Å². The standard InChI is InChI=1S/C18H17ClF3N3O2/c19-13-8-14(23-9-13)17(27)24-15(10-25-6-2-5-16(25)26)11-3-1-4-12(7-11)18(20,21)22/h1,3-4,7-9,15,23H,2,5-6,10H2,(H,24,27). The van der Waals surface area contributed by atoms with Crippen LogP contribution in [-0.4, -0.2) is 34.8 Å². The Morgan fingerprint density at radius 1 is 1.33 bits per heavy atom. The van der Waals surface area contributed by atoms with Crippen LogP contribution in [0.2, 0.25) is 5.02 Å². The van der Waals surface area contributed by atoms with Gasteiger partial charge in [-0.05, 0) is 30.2 Å². The number of H-pyrrole nitrogens is 1. The summed E-state index contributed by atoms with van der Waals surface area (Å²) in [5.74, 6) is -0.597. The molecule has 2 aromatic rings. The van der Waals surface area contributed by atoms with Crippen LogP contribution in [0.4, 0.5) is 13.2 Å². The van der Waals surface area contributed by atoms with E-state index in [-0.39, 0.29) is 23.7 Å². The van der Waals surface area contributed by atoms with Crippen molar-refractivity contribution >= 4 is 23.4 Å². The number of hydrogen-bond donors (Lipinski definition) is 2. The lowest BCUT2D eigenvalue weighted by molar-refractivity contribution is -0.137. The van der Waals surface area contributed by atoms with Gasteiger partial charge in [0.1, 0.15) is 5.69 Å². The molecule has 2 N–H and O–H groups in total. The number of benzene rings is 1. The van der Waals surface area contributed by atoms with Crippen molar-refractivity contribution in [3.05, 3.63) is 58.4 Å². The van der Waals surface area contributed by atoms with E-state index in [2.05, 4.69) is 10.3 Å². The van der Waals surface area contributed by atoms with E-state index in [1.54, 1.807) is 4.90 Å². The van der Waals surface area contributed by atoms with Crippen LogP contribution in [0.3, 0.4) is 0 Å². The van der Waals surface area contributed by atoms with Gasteiger partial charge in [-0.1, -0.05) is 23.7 Å². The molecule has 144 valence electrons. The van der Waals surface area contributed by atoms with Gasteiger partial charge in [-0.2, -0.15) is 13.2 Å². The highest BCUT2D eigenvalue weighted by Gasteiger charge is 2.32. The van der Waals surface area contributed by atoms with Crippen LogP contribution in [-0.2, 0) is 11.0 Å². The second-order valence-electron chi connectivity index (χ2n) is 6.32. The number of aromatic nitrogens is 1. The van der Waals surface area contributed by atoms with Crippen LogP contribution in [0.15, 0.2) is 36.5 Å². The highest BCUT2D eigenvalue weighted by atomic mass is 35.5. The van der Waals surface area contributed by atoms with Crippen molar-refractivity contribution in [3.8, 4) is 0 Å². The Balaban J connectivity index is 1.87. The molecule has 5 nitrogen and oxygen atoms in total. The molecular weight excluding hydrogens is 383 g/mol. The Bertz CT molecular complexity index is 850. The number of nitrogens with zero attached hydrogens (tertiary/aromatic N) is 1. The Morgan fingerprint density at radius 3 is 2.70 bits per heavy atom. The summed E-state index contributed by atoms with van der Waals surface area (Å²) in [6.07, 6.45) is -1.98. The minimum Gasteiger partial charge on any atom is -0.356 e. The van der Waals surface area contributed by atoms with E-state index in [0.29, 0.717) is 24.4 Å². The summed E-state index contributed by atoms with van der Waals surface area (Å²) in [6, 6.07) is 5.38. The third-order valence-electron chi connectivity index (χ3n) is 4.39. The summed E-state index contributed by atoms with van der Waals surface area (Å²) in [7, 11) is 0. The molecule has 1 fully saturated rings. The third kappa shape index (κ3) is 4.63. The second kappa shape index (κ2) is 7.64. The SMILES string of the molecule is O=C(NC(CN1CCCC1=O)c1cccc(C(F)(F)F)c1)c1cc(Cl)c[nH]1. The number of hydrogen-bond acceptors (Lipinski definition) is 2. The van der Waals surface area contributed by atoms with Gasteiger partial charge in [-0.25, -0.2) is 0 Å². The zero-order valence-corrected chi connectivity index (χ0v) is 14.9. The van der Waals surface area contributed by atoms with Crippen molar-refractivity contribution in [2.75, 3.05) is 13.1 Å². The first-order valence-electron chi connectivity index (χ1n) is 8.34. The number of rotatable bonds is 5. The maximum absolute atomic E-state index is 13.1. The minimum absolute atomic E-state index is 0.0795. The van der Waals surface area contributed by atoms with Gasteiger partial charge in [0.15, 0.2) is 0 Å². The number of amides is 2. The lowest BCUT2D eigenvalue weighted by Gasteiger charge is -2.25. The van der Waals surface area contributed by atoms with Crippen LogP contribution in [0, 0.1) is 0 Å². The molecule has 0 radical (unpaired) electrons. The van der Waals surface area contributed by atoms with Gasteiger partial charge in [-0.15, -0.1) is 0 Å². The topological polar surface area (TPSA) is 65.2 Å². The molecule has 9 heteroatoms. The van der Waals surface area contributed by atoms with E-state index >= 15 is 0 Å². The molecule has 2 amide bonds. The third-order valence-corrected chi connectivity index (χ3v) is 4.61. The Hall–Kier alpha value is -2.48. The molecular formula is C18H17ClF3N3O2. The highest BCUT2D eigenvalue weighted by molar-refractivity contribution is 6.30. The van der Waals surface area contributed by atoms with Crippen molar-refractivity contribution in [1.29, 1.82) is 0 Å². The molecule has 27 heavy (non-hydrogen) atoms. The molecule has 1 aliphatic heterocycles. The molecule has 3 rings (SSSR count). The number of likely N-dealkylation sites (tertiary alicyclic amines) is 1. The summed E-state index contributed by atoms with van der Waals surface area (Å²) in [5, 5.41) is 3.04. The summed E-state index contributed by atoms with van der Waals surface area (Å²) < 4.78 is 39.2. The zero-order valence-electron chi connectivity index (χ0n) is 14.1. The fourth-order valence-corrected chi connectivity index (χ4v) is 3.18. The van der Waals surface area contributed by atoms with Gasteiger partial charge in [0.25, 0.3) is 5.91 Å². The summed E-state index contributed by atoms with van der Waals surface area (Å²) in [4.78, 5) is 28.6. The molecule has 1 aliphatic rings. The van der Waals surface area contributed by atoms with E-state index in [0.717, 1.165) is 12.1 Å². The fraction of sp³-hybridized carbons (Fsp3) is 0.333. The second-order valence-corrected chi connectivity index (χ2v) is 6.76. The van der Waals surface area contributed by atoms with Crippen LogP contribution >= 0.6 is 11.6 Å². The van der Waals surface area contributed by atoms with Crippen LogP contribution in [0.5, 0.6) is 0 Å². The van der Waals surface area contributed by atoms with Gasteiger partial charge in [0.2, 0.25) is 5.91 Å². The van der Waals surface area contributed by atoms with Gasteiger partial charge >= 0.3 is 6.18 Å². The fourth-order valence-electron chi connectivity index (χ4n) is 3.02. The average molecular weight is 400 g/mol. The normalized spacial score (nSPS) is 15.9. The molecule has 1 saturated heterocycles. The van der Waals surface area contributed by atoms with E-state index in [1.165, 1.54) is 24.4 Å². The van der Waals surface area contributed by atoms with Crippen LogP contribution in [0.1, 0.15) is 40.5 Å². The first-order valence-corrected chi connectivity index (χ1v) is 8.71. The van der Waals surface area contributed by atoms with Gasteiger partial charge in [-0.3, -0.25) is 9.59 Å². The van der Waals surface area contributed by atoms with Crippen molar-refractivity contribution in [2.24, 2.45) is 0 Å². The minimum atomic E-state index is -4.50. The average Bonchev–Trinajstić information content (AvgIpc) is 3.22. The van der Waals surface area contributed by atoms with E-state index < -0.39 is 23.7 Å². The maximum atomic E-state index is 13.1. The van der Waals surface area contributed by atoms with E-state index in [4.69, 9.17) is 11.6 Å². The quantitative estimate of drug-likeness (QED) is 0.803. The molecule has 1 unspecified atom stereocenters. The lowest BCUT2D eigenvalue weighted by Crippen LogP contribution is -2.38. The summed E-state index contributed by atoms with van der Waals surface area (Å²) >= 11 is 5.80. The Kier molecular flexibility index (Phi) is 5.46. The molecule has 1 atom stereocenters.